The normalized spacial score (nSPS) is 44.0. The van der Waals surface area contributed by atoms with Gasteiger partial charge in [0.25, 0.3) is 0 Å². The third-order valence-corrected chi connectivity index (χ3v) is 24.3. The fourth-order valence-corrected chi connectivity index (χ4v) is 19.8. The molecule has 4 spiro atoms. The zero-order valence-corrected chi connectivity index (χ0v) is 43.0. The molecule has 1 unspecified atom stereocenters. The number of carbonyl (C=O) groups excluding carboxylic acids is 1. The summed E-state index contributed by atoms with van der Waals surface area (Å²) in [6, 6.07) is 9.22. The van der Waals surface area contributed by atoms with Crippen LogP contribution in [0.2, 0.25) is 0 Å². The van der Waals surface area contributed by atoms with Crippen molar-refractivity contribution < 1.29 is 34.0 Å². The summed E-state index contributed by atoms with van der Waals surface area (Å²) >= 11 is 0. The maximum absolute atomic E-state index is 14.6. The van der Waals surface area contributed by atoms with E-state index in [1.807, 2.05) is 12.1 Å². The first-order chi connectivity index (χ1) is 32.0. The fraction of sp³-hybridized carbons (Fsp3) is 0.780. The smallest absolute Gasteiger partial charge is 0.485 e. The summed E-state index contributed by atoms with van der Waals surface area (Å²) in [4.78, 5) is 20.3. The van der Waals surface area contributed by atoms with Gasteiger partial charge in [0.2, 0.25) is 0 Å². The number of likely N-dealkylation sites (tertiary alicyclic amines) is 2. The number of rotatable bonds is 8. The van der Waals surface area contributed by atoms with Gasteiger partial charge in [-0.05, 0) is 175 Å². The monoisotopic (exact) mass is 929 g/mol. The quantitative estimate of drug-likeness (QED) is 0.198. The van der Waals surface area contributed by atoms with Crippen molar-refractivity contribution in [2.45, 2.75) is 205 Å². The Labute approximate surface area is 405 Å². The Balaban J connectivity index is 0.830. The van der Waals surface area contributed by atoms with Crippen molar-refractivity contribution in [1.82, 2.24) is 9.80 Å². The molecule has 0 aromatic heterocycles. The van der Waals surface area contributed by atoms with E-state index in [1.54, 1.807) is 0 Å². The van der Waals surface area contributed by atoms with Gasteiger partial charge in [-0.1, -0.05) is 67.5 Å². The van der Waals surface area contributed by atoms with Crippen LogP contribution in [0, 0.1) is 56.2 Å². The first-order valence-electron chi connectivity index (χ1n) is 27.5. The van der Waals surface area contributed by atoms with Crippen LogP contribution in [0.1, 0.15) is 169 Å². The predicted octanol–water partition coefficient (Wildman–Crippen LogP) is 10.5. The Morgan fingerprint density at radius 2 is 1.01 bits per heavy atom. The number of fused-ring (bicyclic) bond motifs is 4. The van der Waals surface area contributed by atoms with Crippen molar-refractivity contribution in [3.8, 4) is 23.0 Å². The lowest BCUT2D eigenvalue weighted by Crippen LogP contribution is -2.80. The number of nitrogens with zero attached hydrogens (tertiary/aromatic N) is 2. The van der Waals surface area contributed by atoms with Crippen LogP contribution in [0.4, 0.5) is 4.79 Å². The molecule has 8 bridgehead atoms. The molecule has 0 amide bonds. The minimum Gasteiger partial charge on any atom is -0.485 e. The second-order valence-electron chi connectivity index (χ2n) is 28.7. The van der Waals surface area contributed by atoms with E-state index in [-0.39, 0.29) is 67.4 Å². The third kappa shape index (κ3) is 4.99. The minimum absolute atomic E-state index is 0.0412. The molecule has 68 heavy (non-hydrogen) atoms. The number of carbonyl (C=O) groups is 1. The summed E-state index contributed by atoms with van der Waals surface area (Å²) in [6.45, 7) is 26.7. The Kier molecular flexibility index (Phi) is 8.41. The molecule has 14 aliphatic rings. The topological polar surface area (TPSA) is 101 Å². The van der Waals surface area contributed by atoms with Crippen LogP contribution in [0.3, 0.4) is 0 Å². The lowest BCUT2D eigenvalue weighted by Gasteiger charge is -2.75. The van der Waals surface area contributed by atoms with Gasteiger partial charge in [-0.25, -0.2) is 4.79 Å². The van der Waals surface area contributed by atoms with Crippen LogP contribution in [-0.2, 0) is 23.7 Å². The minimum atomic E-state index is -0.903. The van der Waals surface area contributed by atoms with Crippen molar-refractivity contribution in [3.05, 3.63) is 46.5 Å². The summed E-state index contributed by atoms with van der Waals surface area (Å²) in [5, 5.41) is 25.5. The Morgan fingerprint density at radius 3 is 1.38 bits per heavy atom. The zero-order chi connectivity index (χ0) is 47.4. The highest BCUT2D eigenvalue weighted by atomic mass is 16.7. The van der Waals surface area contributed by atoms with E-state index >= 15 is 0 Å². The second-order valence-corrected chi connectivity index (χ2v) is 28.7. The molecule has 4 aliphatic heterocycles. The van der Waals surface area contributed by atoms with Crippen LogP contribution >= 0.6 is 0 Å². The maximum Gasteiger partial charge on any atom is 0.519 e. The van der Waals surface area contributed by atoms with E-state index in [0.29, 0.717) is 23.6 Å². The van der Waals surface area contributed by atoms with Crippen molar-refractivity contribution in [1.29, 1.82) is 0 Å². The third-order valence-electron chi connectivity index (χ3n) is 24.3. The molecule has 8 saturated carbocycles. The molecule has 2 N–H and O–H groups in total. The summed E-state index contributed by atoms with van der Waals surface area (Å²) in [7, 11) is 0. The van der Waals surface area contributed by atoms with Crippen molar-refractivity contribution in [2.75, 3.05) is 26.2 Å². The number of benzene rings is 2. The molecule has 0 radical (unpaired) electrons. The van der Waals surface area contributed by atoms with E-state index in [9.17, 15) is 15.0 Å². The van der Waals surface area contributed by atoms with Crippen molar-refractivity contribution in [2.24, 2.45) is 56.2 Å². The highest BCUT2D eigenvalue weighted by molar-refractivity contribution is 5.74. The average molecular weight is 929 g/mol. The van der Waals surface area contributed by atoms with Gasteiger partial charge in [0.05, 0.1) is 11.2 Å². The standard InChI is InChI=1S/C59H80N2O7/c1-50(2,3)54(9,63)39-29-56-21-19-52(39,7)47-58(56)23-25-60(31-33-11-12-33)41(56)27-35-15-17-37(45(67-47)43(35)58)65-49(62)66-38-18-16-36-28-42-57-22-20-53(8,40(30-57)55(10,64)51(4,5)6)48-59(57,44(36)46(38)68-48)24-26-61(42)32-34-13-14-34/h15-18,33-34,39-42,47-48,63-64H,11-14,19-32H2,1-10H3/t39-,40-,41+,42?,47-,48-,52-,53-,54-,55-,56+,57+,58-,59-/m0/s1. The molecule has 2 aromatic carbocycles. The first kappa shape index (κ1) is 43.9. The van der Waals surface area contributed by atoms with Crippen molar-refractivity contribution in [3.63, 3.8) is 0 Å². The average Bonchev–Trinajstić information content (AvgIpc) is 4.20. The second kappa shape index (κ2) is 13.0. The fourth-order valence-electron chi connectivity index (χ4n) is 19.8. The molecule has 9 heteroatoms. The van der Waals surface area contributed by atoms with Gasteiger partial charge in [0, 0.05) is 68.8 Å². The van der Waals surface area contributed by atoms with Crippen LogP contribution in [0.25, 0.3) is 0 Å². The highest BCUT2D eigenvalue weighted by Gasteiger charge is 2.83. The molecule has 2 saturated heterocycles. The Bertz CT molecular complexity index is 2380. The molecule has 4 heterocycles. The number of hydrogen-bond acceptors (Lipinski definition) is 9. The summed E-state index contributed by atoms with van der Waals surface area (Å²) in [5.74, 6) is 4.07. The van der Waals surface area contributed by atoms with Crippen molar-refractivity contribution >= 4 is 6.16 Å². The van der Waals surface area contributed by atoms with Crippen LogP contribution in [0.5, 0.6) is 23.0 Å². The van der Waals surface area contributed by atoms with E-state index in [1.165, 1.54) is 61.0 Å². The molecular weight excluding hydrogens is 849 g/mol. The molecule has 2 aromatic rings. The van der Waals surface area contributed by atoms with Crippen LogP contribution in [0.15, 0.2) is 24.3 Å². The van der Waals surface area contributed by atoms with Gasteiger partial charge >= 0.3 is 6.16 Å². The molecule has 14 atom stereocenters. The lowest BCUT2D eigenvalue weighted by atomic mass is 9.31. The van der Waals surface area contributed by atoms with E-state index in [2.05, 4.69) is 91.2 Å². The molecule has 10 fully saturated rings. The largest absolute Gasteiger partial charge is 0.519 e. The maximum atomic E-state index is 14.6. The zero-order valence-electron chi connectivity index (χ0n) is 43.0. The summed E-state index contributed by atoms with van der Waals surface area (Å²) in [6.07, 6.45) is 14.6. The number of aliphatic hydroxyl groups is 2. The number of piperidine rings is 2. The highest BCUT2D eigenvalue weighted by Crippen LogP contribution is 2.82. The number of ether oxygens (including phenoxy) is 4. The Hall–Kier alpha value is -2.85. The van der Waals surface area contributed by atoms with Gasteiger partial charge in [-0.3, -0.25) is 9.80 Å². The summed E-state index contributed by atoms with van der Waals surface area (Å²) < 4.78 is 28.0. The SMILES string of the molecule is CC(C)(C)[C@@](C)(O)[C@H]1C[C@@]23CC[C@]1(C)[C@@H]1Oc4c(OC(=O)Oc5ccc6c7c5O[C@H]5[C@@]8(C)CC[C@@]9(C[C@@H]8[C@](C)(O)C(C)(C)C)[C@@H](C6)N(CC6CC6)CC[C@]759)ccc5c4[C@@]12CCN(CC1CC1)C3C5. The summed E-state index contributed by atoms with van der Waals surface area (Å²) in [5.41, 5.74) is 1.79. The van der Waals surface area contributed by atoms with E-state index in [0.717, 1.165) is 101 Å². The van der Waals surface area contributed by atoms with Gasteiger partial charge in [0.1, 0.15) is 12.2 Å². The molecule has 9 nitrogen and oxygen atoms in total. The van der Waals surface area contributed by atoms with Gasteiger partial charge < -0.3 is 29.2 Å². The van der Waals surface area contributed by atoms with Gasteiger partial charge in [-0.2, -0.15) is 0 Å². The lowest BCUT2D eigenvalue weighted by molar-refractivity contribution is -0.276. The van der Waals surface area contributed by atoms with Gasteiger partial charge in [0.15, 0.2) is 23.0 Å². The predicted molar refractivity (Wildman–Crippen MR) is 260 cm³/mol. The Morgan fingerprint density at radius 1 is 0.618 bits per heavy atom. The van der Waals surface area contributed by atoms with Crippen LogP contribution in [-0.4, -0.2) is 87.8 Å². The first-order valence-corrected chi connectivity index (χ1v) is 27.5. The molecule has 10 aliphatic carbocycles. The van der Waals surface area contributed by atoms with E-state index in [4.69, 9.17) is 18.9 Å². The molecule has 16 rings (SSSR count). The van der Waals surface area contributed by atoms with Gasteiger partial charge in [-0.15, -0.1) is 0 Å². The van der Waals surface area contributed by atoms with E-state index < -0.39 is 17.4 Å². The van der Waals surface area contributed by atoms with Crippen LogP contribution < -0.4 is 18.9 Å². The molecule has 368 valence electrons. The molecular formula is C59H80N2O7. The number of hydrogen-bond donors (Lipinski definition) is 2.